The monoisotopic (exact) mass is 331 g/mol. The highest BCUT2D eigenvalue weighted by molar-refractivity contribution is 7.10. The number of ether oxygens (including phenoxy) is 1. The number of hydrogen-bond donors (Lipinski definition) is 0. The van der Waals surface area contributed by atoms with Crippen molar-refractivity contribution in [1.29, 1.82) is 0 Å². The Bertz CT molecular complexity index is 646. The van der Waals surface area contributed by atoms with Crippen molar-refractivity contribution in [3.63, 3.8) is 0 Å². The second-order valence-electron chi connectivity index (χ2n) is 7.08. The number of aryl methyl sites for hydroxylation is 1. The SMILES string of the molecule is Cc1ccsc1CN1Cc2cncn2C[C@@H](COCC2CC2)C1. The maximum Gasteiger partial charge on any atom is 0.0948 e. The Morgan fingerprint density at radius 3 is 2.91 bits per heavy atom. The maximum atomic E-state index is 5.99. The first-order valence-corrected chi connectivity index (χ1v) is 9.48. The molecule has 1 aliphatic carbocycles. The first kappa shape index (κ1) is 15.4. The summed E-state index contributed by atoms with van der Waals surface area (Å²) in [5.74, 6) is 1.39. The summed E-state index contributed by atoms with van der Waals surface area (Å²) in [5.41, 5.74) is 2.73. The fourth-order valence-corrected chi connectivity index (χ4v) is 4.27. The van der Waals surface area contributed by atoms with E-state index in [0.717, 1.165) is 45.3 Å². The average Bonchev–Trinajstić information content (AvgIpc) is 3.17. The minimum Gasteiger partial charge on any atom is -0.381 e. The Labute approximate surface area is 142 Å². The van der Waals surface area contributed by atoms with E-state index in [-0.39, 0.29) is 0 Å². The lowest BCUT2D eigenvalue weighted by Crippen LogP contribution is -2.30. The van der Waals surface area contributed by atoms with Crippen molar-refractivity contribution in [3.8, 4) is 0 Å². The zero-order chi connectivity index (χ0) is 15.6. The Kier molecular flexibility index (Phi) is 4.51. The second-order valence-corrected chi connectivity index (χ2v) is 8.08. The van der Waals surface area contributed by atoms with Crippen LogP contribution in [-0.4, -0.2) is 34.2 Å². The molecule has 0 aromatic carbocycles. The molecule has 3 heterocycles. The van der Waals surface area contributed by atoms with Gasteiger partial charge in [-0.05, 0) is 42.7 Å². The van der Waals surface area contributed by atoms with Crippen molar-refractivity contribution in [2.45, 2.75) is 39.4 Å². The van der Waals surface area contributed by atoms with Crippen LogP contribution >= 0.6 is 11.3 Å². The molecule has 1 fully saturated rings. The van der Waals surface area contributed by atoms with Gasteiger partial charge in [0.2, 0.25) is 0 Å². The van der Waals surface area contributed by atoms with Gasteiger partial charge in [-0.15, -0.1) is 11.3 Å². The van der Waals surface area contributed by atoms with E-state index in [4.69, 9.17) is 4.74 Å². The van der Waals surface area contributed by atoms with E-state index in [1.54, 1.807) is 0 Å². The highest BCUT2D eigenvalue weighted by Gasteiger charge is 2.25. The smallest absolute Gasteiger partial charge is 0.0948 e. The normalized spacial score (nSPS) is 22.0. The molecule has 1 aliphatic heterocycles. The molecule has 0 bridgehead atoms. The number of imidazole rings is 1. The molecule has 4 nitrogen and oxygen atoms in total. The lowest BCUT2D eigenvalue weighted by molar-refractivity contribution is 0.0706. The number of nitrogens with zero attached hydrogens (tertiary/aromatic N) is 3. The molecule has 0 unspecified atom stereocenters. The Balaban J connectivity index is 1.43. The van der Waals surface area contributed by atoms with Crippen LogP contribution in [0.5, 0.6) is 0 Å². The number of thiophene rings is 1. The van der Waals surface area contributed by atoms with Crippen LogP contribution in [0.15, 0.2) is 24.0 Å². The van der Waals surface area contributed by atoms with E-state index >= 15 is 0 Å². The molecular formula is C18H25N3OS. The van der Waals surface area contributed by atoms with Gasteiger partial charge in [-0.2, -0.15) is 0 Å². The van der Waals surface area contributed by atoms with Crippen LogP contribution in [0.4, 0.5) is 0 Å². The summed E-state index contributed by atoms with van der Waals surface area (Å²) in [6, 6.07) is 2.22. The molecule has 0 saturated heterocycles. The molecule has 4 rings (SSSR count). The lowest BCUT2D eigenvalue weighted by Gasteiger charge is -2.23. The van der Waals surface area contributed by atoms with Gasteiger partial charge in [-0.1, -0.05) is 0 Å². The summed E-state index contributed by atoms with van der Waals surface area (Å²) in [4.78, 5) is 8.39. The Hall–Kier alpha value is -1.17. The van der Waals surface area contributed by atoms with Crippen molar-refractivity contribution in [2.75, 3.05) is 19.8 Å². The van der Waals surface area contributed by atoms with Crippen LogP contribution in [0.3, 0.4) is 0 Å². The summed E-state index contributed by atoms with van der Waals surface area (Å²) >= 11 is 1.87. The minimum atomic E-state index is 0.546. The van der Waals surface area contributed by atoms with E-state index in [1.807, 2.05) is 23.9 Å². The predicted octanol–water partition coefficient (Wildman–Crippen LogP) is 3.31. The fraction of sp³-hybridized carbons (Fsp3) is 0.611. The third-order valence-electron chi connectivity index (χ3n) is 4.89. The van der Waals surface area contributed by atoms with Crippen molar-refractivity contribution < 1.29 is 4.74 Å². The Morgan fingerprint density at radius 2 is 2.13 bits per heavy atom. The number of rotatable bonds is 6. The van der Waals surface area contributed by atoms with Crippen LogP contribution in [-0.2, 0) is 24.4 Å². The molecule has 0 radical (unpaired) electrons. The molecule has 2 aromatic heterocycles. The first-order chi connectivity index (χ1) is 11.3. The van der Waals surface area contributed by atoms with Gasteiger partial charge >= 0.3 is 0 Å². The molecule has 23 heavy (non-hydrogen) atoms. The van der Waals surface area contributed by atoms with E-state index in [2.05, 4.69) is 32.8 Å². The van der Waals surface area contributed by atoms with E-state index in [0.29, 0.717) is 5.92 Å². The predicted molar refractivity (Wildman–Crippen MR) is 92.4 cm³/mol. The molecule has 5 heteroatoms. The van der Waals surface area contributed by atoms with E-state index in [1.165, 1.54) is 29.0 Å². The molecule has 0 amide bonds. The van der Waals surface area contributed by atoms with Gasteiger partial charge in [-0.25, -0.2) is 4.98 Å². The molecule has 0 N–H and O–H groups in total. The quantitative estimate of drug-likeness (QED) is 0.813. The van der Waals surface area contributed by atoms with Crippen LogP contribution in [0.2, 0.25) is 0 Å². The average molecular weight is 331 g/mol. The summed E-state index contributed by atoms with van der Waals surface area (Å²) in [7, 11) is 0. The zero-order valence-corrected chi connectivity index (χ0v) is 14.6. The molecule has 124 valence electrons. The fourth-order valence-electron chi connectivity index (χ4n) is 3.32. The number of fused-ring (bicyclic) bond motifs is 1. The second kappa shape index (κ2) is 6.75. The number of hydrogen-bond acceptors (Lipinski definition) is 4. The largest absolute Gasteiger partial charge is 0.381 e. The third-order valence-corrected chi connectivity index (χ3v) is 5.90. The first-order valence-electron chi connectivity index (χ1n) is 8.60. The zero-order valence-electron chi connectivity index (χ0n) is 13.8. The summed E-state index contributed by atoms with van der Waals surface area (Å²) < 4.78 is 8.31. The lowest BCUT2D eigenvalue weighted by atomic mass is 10.1. The van der Waals surface area contributed by atoms with Crippen LogP contribution < -0.4 is 0 Å². The van der Waals surface area contributed by atoms with Crippen molar-refractivity contribution in [2.24, 2.45) is 11.8 Å². The standard InChI is InChI=1S/C18H25N3OS/c1-14-4-5-23-18(14)10-20-7-16(12-22-11-15-2-3-15)8-21-13-19-6-17(21)9-20/h4-6,13,15-16H,2-3,7-12H2,1H3/t16-/m0/s1. The van der Waals surface area contributed by atoms with Gasteiger partial charge in [-0.3, -0.25) is 4.90 Å². The highest BCUT2D eigenvalue weighted by atomic mass is 32.1. The molecule has 1 atom stereocenters. The molecule has 2 aliphatic rings. The van der Waals surface area contributed by atoms with Crippen LogP contribution in [0, 0.1) is 18.8 Å². The van der Waals surface area contributed by atoms with Gasteiger partial charge in [0.25, 0.3) is 0 Å². The van der Waals surface area contributed by atoms with Gasteiger partial charge < -0.3 is 9.30 Å². The van der Waals surface area contributed by atoms with Crippen molar-refractivity contribution >= 4 is 11.3 Å². The summed E-state index contributed by atoms with van der Waals surface area (Å²) in [5, 5.41) is 2.20. The topological polar surface area (TPSA) is 30.3 Å². The van der Waals surface area contributed by atoms with Gasteiger partial charge in [0, 0.05) is 49.8 Å². The molecule has 1 saturated carbocycles. The van der Waals surface area contributed by atoms with Gasteiger partial charge in [0.15, 0.2) is 0 Å². The molecule has 2 aromatic rings. The van der Waals surface area contributed by atoms with Crippen molar-refractivity contribution in [3.05, 3.63) is 40.1 Å². The van der Waals surface area contributed by atoms with Crippen LogP contribution in [0.1, 0.15) is 29.0 Å². The minimum absolute atomic E-state index is 0.546. The van der Waals surface area contributed by atoms with Crippen LogP contribution in [0.25, 0.3) is 0 Å². The summed E-state index contributed by atoms with van der Waals surface area (Å²) in [6.45, 7) is 8.18. The van der Waals surface area contributed by atoms with Crippen molar-refractivity contribution in [1.82, 2.24) is 14.5 Å². The van der Waals surface area contributed by atoms with E-state index in [9.17, 15) is 0 Å². The highest BCUT2D eigenvalue weighted by Crippen LogP contribution is 2.29. The third kappa shape index (κ3) is 3.84. The Morgan fingerprint density at radius 1 is 1.26 bits per heavy atom. The number of aromatic nitrogens is 2. The van der Waals surface area contributed by atoms with Gasteiger partial charge in [0.05, 0.1) is 18.6 Å². The van der Waals surface area contributed by atoms with E-state index < -0.39 is 0 Å². The van der Waals surface area contributed by atoms with Gasteiger partial charge in [0.1, 0.15) is 0 Å². The summed E-state index contributed by atoms with van der Waals surface area (Å²) in [6.07, 6.45) is 6.71. The molecule has 0 spiro atoms. The molecular weight excluding hydrogens is 306 g/mol. The maximum absolute atomic E-state index is 5.99.